The lowest BCUT2D eigenvalue weighted by atomic mass is 9.90. The summed E-state index contributed by atoms with van der Waals surface area (Å²) < 4.78 is 0. The van der Waals surface area contributed by atoms with Crippen LogP contribution in [0.2, 0.25) is 0 Å². The summed E-state index contributed by atoms with van der Waals surface area (Å²) in [5.74, 6) is 0.614. The number of nitriles is 1. The molecular weight excluding hydrogens is 148 g/mol. The number of hydrogen-bond donors (Lipinski definition) is 0. The Kier molecular flexibility index (Phi) is 3.31. The number of allylic oxidation sites excluding steroid dienone is 1. The maximum Gasteiger partial charge on any atom is 0.0911 e. The standard InChI is InChI=1S/C10H16N2/c1-3-9-8-12(2)7-5-10(9)4-6-11/h4,9H,3,5,7-8H2,1-2H3/b10-4+. The molecule has 0 saturated carbocycles. The quantitative estimate of drug-likeness (QED) is 0.552. The smallest absolute Gasteiger partial charge is 0.0911 e. The highest BCUT2D eigenvalue weighted by Gasteiger charge is 2.19. The monoisotopic (exact) mass is 164 g/mol. The van der Waals surface area contributed by atoms with Crippen LogP contribution in [0.1, 0.15) is 19.8 Å². The molecule has 2 nitrogen and oxygen atoms in total. The summed E-state index contributed by atoms with van der Waals surface area (Å²) in [5.41, 5.74) is 1.35. The molecule has 1 unspecified atom stereocenters. The average molecular weight is 164 g/mol. The van der Waals surface area contributed by atoms with Crippen molar-refractivity contribution in [3.05, 3.63) is 11.6 Å². The van der Waals surface area contributed by atoms with Crippen molar-refractivity contribution in [3.8, 4) is 6.07 Å². The molecule has 1 aliphatic rings. The van der Waals surface area contributed by atoms with Crippen molar-refractivity contribution in [2.24, 2.45) is 5.92 Å². The maximum atomic E-state index is 8.56. The SMILES string of the molecule is CCC1CN(C)CC/C1=C\C#N. The molecule has 1 atom stereocenters. The molecule has 0 amide bonds. The van der Waals surface area contributed by atoms with Crippen molar-refractivity contribution in [1.82, 2.24) is 4.90 Å². The van der Waals surface area contributed by atoms with E-state index in [1.165, 1.54) is 5.57 Å². The van der Waals surface area contributed by atoms with Crippen molar-refractivity contribution in [2.75, 3.05) is 20.1 Å². The first-order valence-electron chi connectivity index (χ1n) is 4.55. The molecular formula is C10H16N2. The summed E-state index contributed by atoms with van der Waals surface area (Å²) in [6, 6.07) is 2.14. The van der Waals surface area contributed by atoms with Gasteiger partial charge in [0, 0.05) is 19.2 Å². The maximum absolute atomic E-state index is 8.56. The van der Waals surface area contributed by atoms with Gasteiger partial charge >= 0.3 is 0 Å². The first-order valence-corrected chi connectivity index (χ1v) is 4.55. The van der Waals surface area contributed by atoms with Crippen molar-refractivity contribution >= 4 is 0 Å². The van der Waals surface area contributed by atoms with E-state index in [4.69, 9.17) is 5.26 Å². The Morgan fingerprint density at radius 2 is 2.50 bits per heavy atom. The van der Waals surface area contributed by atoms with E-state index in [2.05, 4.69) is 24.9 Å². The minimum atomic E-state index is 0.614. The van der Waals surface area contributed by atoms with Crippen molar-refractivity contribution in [1.29, 1.82) is 5.26 Å². The Morgan fingerprint density at radius 1 is 1.75 bits per heavy atom. The fourth-order valence-corrected chi connectivity index (χ4v) is 1.77. The van der Waals surface area contributed by atoms with Gasteiger partial charge in [0.1, 0.15) is 0 Å². The molecule has 0 aromatic heterocycles. The minimum absolute atomic E-state index is 0.614. The second-order valence-electron chi connectivity index (χ2n) is 3.47. The van der Waals surface area contributed by atoms with E-state index in [1.807, 2.05) is 0 Å². The first-order chi connectivity index (χ1) is 5.77. The highest BCUT2D eigenvalue weighted by Crippen LogP contribution is 2.23. The topological polar surface area (TPSA) is 27.0 Å². The molecule has 1 fully saturated rings. The number of rotatable bonds is 1. The minimum Gasteiger partial charge on any atom is -0.305 e. The molecule has 1 heterocycles. The van der Waals surface area contributed by atoms with Gasteiger partial charge in [-0.1, -0.05) is 12.5 Å². The summed E-state index contributed by atoms with van der Waals surface area (Å²) in [6.45, 7) is 4.41. The normalized spacial score (nSPS) is 28.8. The molecule has 0 aliphatic carbocycles. The molecule has 0 bridgehead atoms. The van der Waals surface area contributed by atoms with E-state index in [0.29, 0.717) is 5.92 Å². The van der Waals surface area contributed by atoms with E-state index in [9.17, 15) is 0 Å². The second kappa shape index (κ2) is 4.27. The van der Waals surface area contributed by atoms with Crippen LogP contribution in [0.3, 0.4) is 0 Å². The Morgan fingerprint density at radius 3 is 3.08 bits per heavy atom. The number of piperidine rings is 1. The highest BCUT2D eigenvalue weighted by atomic mass is 15.1. The zero-order valence-electron chi connectivity index (χ0n) is 7.88. The molecule has 66 valence electrons. The Balaban J connectivity index is 2.64. The van der Waals surface area contributed by atoms with E-state index in [1.54, 1.807) is 6.08 Å². The van der Waals surface area contributed by atoms with Crippen LogP contribution in [0.15, 0.2) is 11.6 Å². The van der Waals surface area contributed by atoms with Gasteiger partial charge in [-0.05, 0) is 25.8 Å². The van der Waals surface area contributed by atoms with Crippen molar-refractivity contribution in [2.45, 2.75) is 19.8 Å². The molecule has 0 aromatic rings. The molecule has 0 aromatic carbocycles. The lowest BCUT2D eigenvalue weighted by molar-refractivity contribution is 0.254. The highest BCUT2D eigenvalue weighted by molar-refractivity contribution is 5.18. The lowest BCUT2D eigenvalue weighted by Crippen LogP contribution is -2.33. The Hall–Kier alpha value is -0.810. The van der Waals surface area contributed by atoms with E-state index < -0.39 is 0 Å². The molecule has 2 heteroatoms. The number of likely N-dealkylation sites (tertiary alicyclic amines) is 1. The van der Waals surface area contributed by atoms with Crippen LogP contribution in [0.25, 0.3) is 0 Å². The summed E-state index contributed by atoms with van der Waals surface area (Å²) in [4.78, 5) is 2.34. The lowest BCUT2D eigenvalue weighted by Gasteiger charge is -2.31. The van der Waals surface area contributed by atoms with Crippen LogP contribution in [-0.4, -0.2) is 25.0 Å². The van der Waals surface area contributed by atoms with Crippen LogP contribution in [0.4, 0.5) is 0 Å². The summed E-state index contributed by atoms with van der Waals surface area (Å²) in [5, 5.41) is 8.56. The predicted octanol–water partition coefficient (Wildman–Crippen LogP) is 1.80. The molecule has 1 rings (SSSR count). The van der Waals surface area contributed by atoms with Crippen molar-refractivity contribution in [3.63, 3.8) is 0 Å². The summed E-state index contributed by atoms with van der Waals surface area (Å²) >= 11 is 0. The van der Waals surface area contributed by atoms with Gasteiger partial charge in [-0.3, -0.25) is 0 Å². The van der Waals surface area contributed by atoms with E-state index in [-0.39, 0.29) is 0 Å². The predicted molar refractivity (Wildman–Crippen MR) is 49.6 cm³/mol. The number of nitrogens with zero attached hydrogens (tertiary/aromatic N) is 2. The first kappa shape index (κ1) is 9.28. The fourth-order valence-electron chi connectivity index (χ4n) is 1.77. The molecule has 0 spiro atoms. The van der Waals surface area contributed by atoms with Crippen LogP contribution in [0.5, 0.6) is 0 Å². The van der Waals surface area contributed by atoms with Gasteiger partial charge in [0.05, 0.1) is 6.07 Å². The fraction of sp³-hybridized carbons (Fsp3) is 0.700. The summed E-state index contributed by atoms with van der Waals surface area (Å²) in [6.07, 6.45) is 3.96. The van der Waals surface area contributed by atoms with Gasteiger partial charge in [0.25, 0.3) is 0 Å². The second-order valence-corrected chi connectivity index (χ2v) is 3.47. The van der Waals surface area contributed by atoms with Crippen LogP contribution >= 0.6 is 0 Å². The summed E-state index contributed by atoms with van der Waals surface area (Å²) in [7, 11) is 2.14. The van der Waals surface area contributed by atoms with E-state index >= 15 is 0 Å². The average Bonchev–Trinajstić information content (AvgIpc) is 2.08. The van der Waals surface area contributed by atoms with Crippen LogP contribution in [-0.2, 0) is 0 Å². The number of hydrogen-bond acceptors (Lipinski definition) is 2. The third-order valence-corrected chi connectivity index (χ3v) is 2.58. The molecule has 0 radical (unpaired) electrons. The molecule has 1 aliphatic heterocycles. The molecule has 12 heavy (non-hydrogen) atoms. The Labute approximate surface area is 74.5 Å². The Bertz CT molecular complexity index is 212. The van der Waals surface area contributed by atoms with Crippen LogP contribution < -0.4 is 0 Å². The zero-order valence-corrected chi connectivity index (χ0v) is 7.88. The van der Waals surface area contributed by atoms with Gasteiger partial charge in [0.15, 0.2) is 0 Å². The van der Waals surface area contributed by atoms with Gasteiger partial charge in [-0.2, -0.15) is 5.26 Å². The zero-order chi connectivity index (χ0) is 8.97. The van der Waals surface area contributed by atoms with Crippen LogP contribution in [0, 0.1) is 17.2 Å². The van der Waals surface area contributed by atoms with Gasteiger partial charge < -0.3 is 4.90 Å². The van der Waals surface area contributed by atoms with Gasteiger partial charge in [-0.15, -0.1) is 0 Å². The van der Waals surface area contributed by atoms with Crippen molar-refractivity contribution < 1.29 is 0 Å². The van der Waals surface area contributed by atoms with Gasteiger partial charge in [-0.25, -0.2) is 0 Å². The molecule has 0 N–H and O–H groups in total. The third-order valence-electron chi connectivity index (χ3n) is 2.58. The molecule has 1 saturated heterocycles. The third kappa shape index (κ3) is 2.09. The largest absolute Gasteiger partial charge is 0.305 e. The van der Waals surface area contributed by atoms with Gasteiger partial charge in [0.2, 0.25) is 0 Å². The van der Waals surface area contributed by atoms with E-state index in [0.717, 1.165) is 25.9 Å².